The average Bonchev–Trinajstić information content (AvgIpc) is 3.35. The molecule has 41 heavy (non-hydrogen) atoms. The lowest BCUT2D eigenvalue weighted by atomic mass is 9.32. The first-order chi connectivity index (χ1) is 20.2. The van der Waals surface area contributed by atoms with E-state index in [4.69, 9.17) is 4.74 Å². The van der Waals surface area contributed by atoms with Crippen molar-refractivity contribution in [1.82, 2.24) is 4.57 Å². The summed E-state index contributed by atoms with van der Waals surface area (Å²) >= 11 is 0. The van der Waals surface area contributed by atoms with E-state index in [1.54, 1.807) is 0 Å². The monoisotopic (exact) mass is 523 g/mol. The van der Waals surface area contributed by atoms with Crippen molar-refractivity contribution < 1.29 is 4.74 Å². The van der Waals surface area contributed by atoms with Gasteiger partial charge in [0.2, 0.25) is 0 Å². The number of ether oxygens (including phenoxy) is 1. The molecule has 3 heterocycles. The molecular formula is C38H26BNO. The normalized spacial score (nSPS) is 13.0. The molecule has 6 aromatic carbocycles. The van der Waals surface area contributed by atoms with E-state index in [1.165, 1.54) is 71.7 Å². The summed E-state index contributed by atoms with van der Waals surface area (Å²) in [4.78, 5) is 0. The smallest absolute Gasteiger partial charge is 0.251 e. The van der Waals surface area contributed by atoms with Gasteiger partial charge in [-0.2, -0.15) is 0 Å². The molecule has 0 saturated heterocycles. The van der Waals surface area contributed by atoms with Gasteiger partial charge >= 0.3 is 0 Å². The Bertz CT molecular complexity index is 2070. The van der Waals surface area contributed by atoms with E-state index in [2.05, 4.69) is 139 Å². The van der Waals surface area contributed by atoms with E-state index in [0.717, 1.165) is 17.9 Å². The third kappa shape index (κ3) is 3.26. The maximum Gasteiger partial charge on any atom is 0.251 e. The second-order valence-electron chi connectivity index (χ2n) is 11.4. The predicted octanol–water partition coefficient (Wildman–Crippen LogP) is 7.29. The molecule has 0 aliphatic carbocycles. The van der Waals surface area contributed by atoms with Gasteiger partial charge in [0.05, 0.1) is 11.0 Å². The molecule has 0 unspecified atom stereocenters. The largest absolute Gasteiger partial charge is 0.458 e. The molecule has 0 bridgehead atoms. The average molecular weight is 523 g/mol. The van der Waals surface area contributed by atoms with Gasteiger partial charge in [-0.15, -0.1) is 0 Å². The maximum atomic E-state index is 6.62. The van der Waals surface area contributed by atoms with Crippen LogP contribution in [-0.4, -0.2) is 11.3 Å². The van der Waals surface area contributed by atoms with Crippen LogP contribution in [-0.2, 0) is 6.42 Å². The van der Waals surface area contributed by atoms with Crippen LogP contribution in [0.15, 0.2) is 127 Å². The van der Waals surface area contributed by atoms with Crippen molar-refractivity contribution in [2.45, 2.75) is 13.3 Å². The number of fused-ring (bicyclic) bond motifs is 7. The van der Waals surface area contributed by atoms with Crippen molar-refractivity contribution in [3.05, 3.63) is 144 Å². The van der Waals surface area contributed by atoms with Crippen LogP contribution in [0.1, 0.15) is 16.7 Å². The van der Waals surface area contributed by atoms with Gasteiger partial charge in [-0.1, -0.05) is 96.5 Å². The number of hydrogen-bond donors (Lipinski definition) is 0. The third-order valence-electron chi connectivity index (χ3n) is 9.07. The van der Waals surface area contributed by atoms with Crippen LogP contribution in [0.2, 0.25) is 0 Å². The molecule has 0 atom stereocenters. The Balaban J connectivity index is 1.21. The topological polar surface area (TPSA) is 14.2 Å². The van der Waals surface area contributed by atoms with Gasteiger partial charge < -0.3 is 9.30 Å². The number of aromatic nitrogens is 1. The first kappa shape index (κ1) is 22.8. The van der Waals surface area contributed by atoms with E-state index >= 15 is 0 Å². The Kier molecular flexibility index (Phi) is 4.71. The first-order valence-corrected chi connectivity index (χ1v) is 14.4. The molecule has 2 aliphatic rings. The molecule has 0 spiro atoms. The van der Waals surface area contributed by atoms with E-state index in [1.807, 2.05) is 0 Å². The van der Waals surface area contributed by atoms with Crippen molar-refractivity contribution in [3.8, 4) is 28.3 Å². The Hall–Kier alpha value is -5.02. The standard InChI is InChI=1S/C38H26BNO/c1-24-20-28(40-34-15-7-3-11-30(34)31-12-4-8-16-35(31)40)18-19-29(24)26-22-27-21-25-10-2-5-13-32(25)39-33-14-6-9-17-36(33)41-37(23-26)38(27)39/h2-20,22-23H,21H2,1H3. The summed E-state index contributed by atoms with van der Waals surface area (Å²) in [6.45, 7) is 2.44. The van der Waals surface area contributed by atoms with Crippen molar-refractivity contribution in [3.63, 3.8) is 0 Å². The Morgan fingerprint density at radius 1 is 0.610 bits per heavy atom. The Morgan fingerprint density at radius 2 is 1.29 bits per heavy atom. The highest BCUT2D eigenvalue weighted by molar-refractivity contribution is 6.97. The number of rotatable bonds is 2. The Labute approximate surface area is 239 Å². The van der Waals surface area contributed by atoms with E-state index in [9.17, 15) is 0 Å². The first-order valence-electron chi connectivity index (χ1n) is 14.4. The van der Waals surface area contributed by atoms with Gasteiger partial charge in [-0.05, 0) is 88.5 Å². The molecule has 2 aliphatic heterocycles. The fourth-order valence-corrected chi connectivity index (χ4v) is 7.30. The van der Waals surface area contributed by atoms with Crippen LogP contribution < -0.4 is 21.1 Å². The fourth-order valence-electron chi connectivity index (χ4n) is 7.30. The van der Waals surface area contributed by atoms with Gasteiger partial charge in [-0.3, -0.25) is 0 Å². The summed E-state index contributed by atoms with van der Waals surface area (Å²) in [5, 5.41) is 2.57. The minimum Gasteiger partial charge on any atom is -0.458 e. The molecule has 9 rings (SSSR count). The van der Waals surface area contributed by atoms with Crippen LogP contribution in [0.3, 0.4) is 0 Å². The lowest BCUT2D eigenvalue weighted by Gasteiger charge is -2.34. The SMILES string of the molecule is Cc1cc(-n2c3ccccc3c3ccccc32)ccc1-c1cc2c3c(c1)Oc1ccccc1B3c1ccccc1C2. The zero-order chi connectivity index (χ0) is 27.1. The summed E-state index contributed by atoms with van der Waals surface area (Å²) in [5.74, 6) is 1.95. The number of para-hydroxylation sites is 3. The Morgan fingerprint density at radius 3 is 2.07 bits per heavy atom. The zero-order valence-electron chi connectivity index (χ0n) is 22.8. The zero-order valence-corrected chi connectivity index (χ0v) is 22.8. The van der Waals surface area contributed by atoms with E-state index in [0.29, 0.717) is 0 Å². The molecule has 0 N–H and O–H groups in total. The quantitative estimate of drug-likeness (QED) is 0.217. The number of hydrogen-bond acceptors (Lipinski definition) is 1. The minimum atomic E-state index is 0.211. The van der Waals surface area contributed by atoms with E-state index in [-0.39, 0.29) is 6.71 Å². The highest BCUT2D eigenvalue weighted by atomic mass is 16.5. The van der Waals surface area contributed by atoms with Crippen LogP contribution in [0.5, 0.6) is 11.5 Å². The van der Waals surface area contributed by atoms with Crippen molar-refractivity contribution >= 4 is 44.9 Å². The third-order valence-corrected chi connectivity index (χ3v) is 9.07. The van der Waals surface area contributed by atoms with Crippen molar-refractivity contribution in [1.29, 1.82) is 0 Å². The molecular weight excluding hydrogens is 497 g/mol. The van der Waals surface area contributed by atoms with Gasteiger partial charge in [0.15, 0.2) is 0 Å². The number of nitrogens with zero attached hydrogens (tertiary/aromatic N) is 1. The van der Waals surface area contributed by atoms with Crippen molar-refractivity contribution in [2.24, 2.45) is 0 Å². The fraction of sp³-hybridized carbons (Fsp3) is 0.0526. The van der Waals surface area contributed by atoms with Crippen LogP contribution in [0, 0.1) is 6.92 Å². The predicted molar refractivity (Wildman–Crippen MR) is 171 cm³/mol. The summed E-state index contributed by atoms with van der Waals surface area (Å²) in [6.07, 6.45) is 0.923. The van der Waals surface area contributed by atoms with Gasteiger partial charge in [0.1, 0.15) is 11.5 Å². The summed E-state index contributed by atoms with van der Waals surface area (Å²) in [5.41, 5.74) is 14.1. The lowest BCUT2D eigenvalue weighted by Crippen LogP contribution is -2.59. The molecule has 0 fully saturated rings. The van der Waals surface area contributed by atoms with Crippen molar-refractivity contribution in [2.75, 3.05) is 0 Å². The summed E-state index contributed by atoms with van der Waals surface area (Å²) in [6, 6.07) is 46.4. The van der Waals surface area contributed by atoms with Gasteiger partial charge in [0.25, 0.3) is 6.71 Å². The van der Waals surface area contributed by atoms with Gasteiger partial charge in [-0.25, -0.2) is 0 Å². The highest BCUT2D eigenvalue weighted by Gasteiger charge is 2.38. The molecule has 2 nitrogen and oxygen atoms in total. The molecule has 0 amide bonds. The van der Waals surface area contributed by atoms with Crippen LogP contribution in [0.25, 0.3) is 38.6 Å². The maximum absolute atomic E-state index is 6.62. The van der Waals surface area contributed by atoms with Crippen LogP contribution in [0.4, 0.5) is 0 Å². The molecule has 0 radical (unpaired) electrons. The molecule has 3 heteroatoms. The molecule has 0 saturated carbocycles. The summed E-state index contributed by atoms with van der Waals surface area (Å²) < 4.78 is 9.00. The summed E-state index contributed by atoms with van der Waals surface area (Å²) in [7, 11) is 0. The molecule has 1 aromatic heterocycles. The molecule has 192 valence electrons. The number of benzene rings is 6. The lowest BCUT2D eigenvalue weighted by molar-refractivity contribution is 0.487. The highest BCUT2D eigenvalue weighted by Crippen LogP contribution is 2.37. The minimum absolute atomic E-state index is 0.211. The van der Waals surface area contributed by atoms with E-state index < -0.39 is 0 Å². The second-order valence-corrected chi connectivity index (χ2v) is 11.4. The number of aryl methyl sites for hydroxylation is 1. The second kappa shape index (κ2) is 8.49. The van der Waals surface area contributed by atoms with Crippen LogP contribution >= 0.6 is 0 Å². The van der Waals surface area contributed by atoms with Gasteiger partial charge in [0, 0.05) is 16.5 Å². The molecule has 7 aromatic rings.